The number of nitrogens with zero attached hydrogens (tertiary/aromatic N) is 2. The van der Waals surface area contributed by atoms with Gasteiger partial charge in [-0.1, -0.05) is 17.7 Å². The number of hydrogen-bond acceptors (Lipinski definition) is 8. The number of benzene rings is 3. The maximum absolute atomic E-state index is 12.6. The molecule has 10 nitrogen and oxygen atoms in total. The Morgan fingerprint density at radius 2 is 1.87 bits per heavy atom. The summed E-state index contributed by atoms with van der Waals surface area (Å²) in [5.74, 6) is -0.0125. The van der Waals surface area contributed by atoms with E-state index >= 15 is 0 Å². The van der Waals surface area contributed by atoms with Crippen molar-refractivity contribution in [3.63, 3.8) is 0 Å². The molecule has 2 amide bonds. The molecule has 4 rings (SSSR count). The summed E-state index contributed by atoms with van der Waals surface area (Å²) in [5.41, 5.74) is 4.79. The largest absolute Gasteiger partial charge is 0.490 e. The summed E-state index contributed by atoms with van der Waals surface area (Å²) in [5, 5.41) is 18.4. The van der Waals surface area contributed by atoms with Gasteiger partial charge in [0.05, 0.1) is 27.1 Å². The van der Waals surface area contributed by atoms with Crippen LogP contribution in [0.1, 0.15) is 27.7 Å². The molecule has 2 N–H and O–H groups in total. The highest BCUT2D eigenvalue weighted by molar-refractivity contribution is 9.10. The molecule has 0 unspecified atom stereocenters. The fraction of sp³-hybridized carbons (Fsp3) is 0.148. The van der Waals surface area contributed by atoms with E-state index in [4.69, 9.17) is 9.47 Å². The van der Waals surface area contributed by atoms with Crippen LogP contribution >= 0.6 is 27.3 Å². The zero-order chi connectivity index (χ0) is 27.9. The van der Waals surface area contributed by atoms with Gasteiger partial charge in [0.25, 0.3) is 17.5 Å². The van der Waals surface area contributed by atoms with Gasteiger partial charge in [0.15, 0.2) is 18.1 Å². The number of carbonyl (C=O) groups is 2. The number of anilines is 1. The summed E-state index contributed by atoms with van der Waals surface area (Å²) >= 11 is 4.66. The molecule has 12 heteroatoms. The van der Waals surface area contributed by atoms with Crippen molar-refractivity contribution in [3.8, 4) is 11.5 Å². The molecule has 0 atom stereocenters. The minimum atomic E-state index is -0.480. The van der Waals surface area contributed by atoms with Crippen LogP contribution < -0.4 is 20.2 Å². The Morgan fingerprint density at radius 3 is 2.59 bits per heavy atom. The summed E-state index contributed by atoms with van der Waals surface area (Å²) in [6.45, 7) is 3.92. The quantitative estimate of drug-likeness (QED) is 0.127. The predicted octanol–water partition coefficient (Wildman–Crippen LogP) is 6.06. The number of nitro groups is 1. The molecule has 0 bridgehead atoms. The lowest BCUT2D eigenvalue weighted by molar-refractivity contribution is -0.384. The summed E-state index contributed by atoms with van der Waals surface area (Å²) in [6, 6.07) is 16.8. The number of carbonyl (C=O) groups excluding carboxylic acids is 2. The zero-order valence-electron chi connectivity index (χ0n) is 20.9. The Labute approximate surface area is 235 Å². The maximum atomic E-state index is 12.6. The maximum Gasteiger partial charge on any atom is 0.281 e. The molecule has 0 radical (unpaired) electrons. The van der Waals surface area contributed by atoms with Gasteiger partial charge in [0.2, 0.25) is 0 Å². The predicted molar refractivity (Wildman–Crippen MR) is 154 cm³/mol. The highest BCUT2D eigenvalue weighted by Crippen LogP contribution is 2.36. The average molecular weight is 611 g/mol. The van der Waals surface area contributed by atoms with E-state index in [1.165, 1.54) is 29.7 Å². The van der Waals surface area contributed by atoms with E-state index in [1.807, 2.05) is 38.1 Å². The van der Waals surface area contributed by atoms with E-state index in [-0.39, 0.29) is 18.2 Å². The lowest BCUT2D eigenvalue weighted by atomic mass is 10.2. The number of ether oxygens (including phenoxy) is 2. The molecule has 1 aromatic heterocycles. The first-order valence-corrected chi connectivity index (χ1v) is 13.3. The van der Waals surface area contributed by atoms with Crippen molar-refractivity contribution in [1.29, 1.82) is 0 Å². The number of rotatable bonds is 10. The third-order valence-electron chi connectivity index (χ3n) is 5.33. The third kappa shape index (κ3) is 7.18. The van der Waals surface area contributed by atoms with Gasteiger partial charge in [-0.05, 0) is 71.7 Å². The molecule has 0 aliphatic carbocycles. The van der Waals surface area contributed by atoms with Crippen molar-refractivity contribution in [3.05, 3.63) is 91.3 Å². The summed E-state index contributed by atoms with van der Waals surface area (Å²) in [4.78, 5) is 35.8. The monoisotopic (exact) mass is 610 g/mol. The van der Waals surface area contributed by atoms with Gasteiger partial charge in [-0.2, -0.15) is 5.10 Å². The van der Waals surface area contributed by atoms with Crippen molar-refractivity contribution in [2.45, 2.75) is 13.8 Å². The number of hydrazone groups is 1. The molecule has 39 heavy (non-hydrogen) atoms. The molecule has 0 saturated heterocycles. The first-order chi connectivity index (χ1) is 18.7. The second-order valence-electron chi connectivity index (χ2n) is 8.25. The van der Waals surface area contributed by atoms with Crippen LogP contribution in [-0.2, 0) is 4.79 Å². The second kappa shape index (κ2) is 12.5. The first kappa shape index (κ1) is 27.7. The van der Waals surface area contributed by atoms with Gasteiger partial charge in [-0.3, -0.25) is 19.7 Å². The summed E-state index contributed by atoms with van der Waals surface area (Å²) in [6.07, 6.45) is 1.44. The highest BCUT2D eigenvalue weighted by atomic mass is 79.9. The van der Waals surface area contributed by atoms with Gasteiger partial charge in [0, 0.05) is 27.9 Å². The Hall–Kier alpha value is -4.29. The van der Waals surface area contributed by atoms with Crippen molar-refractivity contribution in [1.82, 2.24) is 5.43 Å². The van der Waals surface area contributed by atoms with Crippen LogP contribution in [0.4, 0.5) is 11.4 Å². The molecule has 3 aromatic carbocycles. The average Bonchev–Trinajstić information content (AvgIpc) is 3.33. The molecule has 4 aromatic rings. The molecule has 1 heterocycles. The Bertz CT molecular complexity index is 1570. The zero-order valence-corrected chi connectivity index (χ0v) is 23.3. The van der Waals surface area contributed by atoms with E-state index in [9.17, 15) is 19.7 Å². The van der Waals surface area contributed by atoms with Gasteiger partial charge in [-0.25, -0.2) is 5.43 Å². The molecular weight excluding hydrogens is 588 g/mol. The Kier molecular flexibility index (Phi) is 8.89. The molecule has 0 spiro atoms. The number of thiophene rings is 1. The number of non-ortho nitro benzene ring substituents is 1. The standard InChI is InChI=1S/C27H23BrN4O6S/c1-3-37-22-11-17(10-21(28)26(22)38-15-25(33)30-19-6-4-16(2)5-7-19)14-29-31-27(34)24-13-18-12-20(32(35)36)8-9-23(18)39-24/h4-14H,3,15H2,1-2H3,(H,30,33)(H,31,34)/b29-14-. The van der Waals surface area contributed by atoms with Crippen LogP contribution in [0.5, 0.6) is 11.5 Å². The minimum absolute atomic E-state index is 0.0414. The summed E-state index contributed by atoms with van der Waals surface area (Å²) in [7, 11) is 0. The van der Waals surface area contributed by atoms with Gasteiger partial charge < -0.3 is 14.8 Å². The highest BCUT2D eigenvalue weighted by Gasteiger charge is 2.15. The topological polar surface area (TPSA) is 132 Å². The lowest BCUT2D eigenvalue weighted by Gasteiger charge is -2.14. The number of hydrogen-bond donors (Lipinski definition) is 2. The second-order valence-corrected chi connectivity index (χ2v) is 10.2. The van der Waals surface area contributed by atoms with Crippen molar-refractivity contribution in [2.24, 2.45) is 5.10 Å². The van der Waals surface area contributed by atoms with E-state index in [1.54, 1.807) is 24.3 Å². The molecule has 0 fully saturated rings. The number of nitrogens with one attached hydrogen (secondary N) is 2. The van der Waals surface area contributed by atoms with Crippen LogP contribution in [0, 0.1) is 17.0 Å². The van der Waals surface area contributed by atoms with E-state index in [2.05, 4.69) is 31.8 Å². The number of nitro benzene ring substituents is 1. The van der Waals surface area contributed by atoms with Crippen molar-refractivity contribution < 1.29 is 24.0 Å². The number of halogens is 1. The van der Waals surface area contributed by atoms with E-state index in [0.29, 0.717) is 44.1 Å². The fourth-order valence-corrected chi connectivity index (χ4v) is 5.02. The van der Waals surface area contributed by atoms with E-state index < -0.39 is 10.8 Å². The number of amides is 2. The molecule has 200 valence electrons. The number of fused-ring (bicyclic) bond motifs is 1. The van der Waals surface area contributed by atoms with Crippen LogP contribution in [0.3, 0.4) is 0 Å². The Balaban J connectivity index is 1.41. The van der Waals surface area contributed by atoms with E-state index in [0.717, 1.165) is 10.3 Å². The minimum Gasteiger partial charge on any atom is -0.490 e. The van der Waals surface area contributed by atoms with Crippen LogP contribution in [0.2, 0.25) is 0 Å². The molecule has 0 aliphatic rings. The lowest BCUT2D eigenvalue weighted by Crippen LogP contribution is -2.20. The fourth-order valence-electron chi connectivity index (χ4n) is 3.51. The Morgan fingerprint density at radius 1 is 1.10 bits per heavy atom. The van der Waals surface area contributed by atoms with Crippen LogP contribution in [-0.4, -0.2) is 36.2 Å². The molecular formula is C27H23BrN4O6S. The SMILES string of the molecule is CCOc1cc(/C=N\NC(=O)c2cc3cc([N+](=O)[O-])ccc3s2)cc(Br)c1OCC(=O)Nc1ccc(C)cc1. The normalized spacial score (nSPS) is 10.9. The summed E-state index contributed by atoms with van der Waals surface area (Å²) < 4.78 is 12.7. The van der Waals surface area contributed by atoms with Gasteiger partial charge in [0.1, 0.15) is 0 Å². The van der Waals surface area contributed by atoms with Crippen molar-refractivity contribution in [2.75, 3.05) is 18.5 Å². The smallest absolute Gasteiger partial charge is 0.281 e. The number of aryl methyl sites for hydroxylation is 1. The molecule has 0 aliphatic heterocycles. The van der Waals surface area contributed by atoms with Gasteiger partial charge >= 0.3 is 0 Å². The van der Waals surface area contributed by atoms with Gasteiger partial charge in [-0.15, -0.1) is 11.3 Å². The first-order valence-electron chi connectivity index (χ1n) is 11.7. The molecule has 0 saturated carbocycles. The van der Waals surface area contributed by atoms with Crippen molar-refractivity contribution >= 4 is 66.8 Å². The van der Waals surface area contributed by atoms with Crippen LogP contribution in [0.15, 0.2) is 70.2 Å². The van der Waals surface area contributed by atoms with Crippen LogP contribution in [0.25, 0.3) is 10.1 Å². The third-order valence-corrected chi connectivity index (χ3v) is 7.03.